The van der Waals surface area contributed by atoms with Crippen LogP contribution < -0.4 is 10.1 Å². The van der Waals surface area contributed by atoms with E-state index in [1.807, 2.05) is 6.92 Å². The topological polar surface area (TPSA) is 83.4 Å². The molecule has 1 amide bonds. The van der Waals surface area contributed by atoms with Crippen LogP contribution in [0.15, 0.2) is 53.7 Å². The van der Waals surface area contributed by atoms with E-state index >= 15 is 0 Å². The van der Waals surface area contributed by atoms with Crippen molar-refractivity contribution < 1.29 is 23.9 Å². The third-order valence-corrected chi connectivity index (χ3v) is 7.08. The van der Waals surface area contributed by atoms with Crippen LogP contribution in [0.3, 0.4) is 0 Å². The van der Waals surface area contributed by atoms with Crippen molar-refractivity contribution in [2.24, 2.45) is 5.16 Å². The van der Waals surface area contributed by atoms with Gasteiger partial charge in [0.05, 0.1) is 17.7 Å². The third-order valence-electron chi connectivity index (χ3n) is 6.79. The molecule has 0 spiro atoms. The molecule has 2 aliphatic rings. The van der Waals surface area contributed by atoms with Crippen LogP contribution in [0, 0.1) is 5.82 Å². The predicted molar refractivity (Wildman–Crippen MR) is 140 cm³/mol. The maximum Gasteiger partial charge on any atom is 0.274 e. The van der Waals surface area contributed by atoms with Crippen LogP contribution in [0.25, 0.3) is 10.8 Å². The second kappa shape index (κ2) is 11.0. The zero-order chi connectivity index (χ0) is 25.9. The Labute approximate surface area is 219 Å². The average molecular weight is 526 g/mol. The minimum atomic E-state index is -1.01. The van der Waals surface area contributed by atoms with Crippen molar-refractivity contribution in [3.63, 3.8) is 0 Å². The number of fused-ring (bicyclic) bond motifs is 3. The number of hydrogen-bond acceptors (Lipinski definition) is 6. The van der Waals surface area contributed by atoms with Gasteiger partial charge in [0.1, 0.15) is 24.3 Å². The lowest BCUT2D eigenvalue weighted by molar-refractivity contribution is -0.116. The average Bonchev–Trinajstić information content (AvgIpc) is 2.88. The van der Waals surface area contributed by atoms with Gasteiger partial charge in [-0.25, -0.2) is 4.39 Å². The number of hydrogen-bond donors (Lipinski definition) is 2. The fourth-order valence-electron chi connectivity index (χ4n) is 4.68. The quantitative estimate of drug-likeness (QED) is 0.427. The van der Waals surface area contributed by atoms with Crippen molar-refractivity contribution in [1.29, 1.82) is 0 Å². The zero-order valence-electron chi connectivity index (χ0n) is 20.5. The van der Waals surface area contributed by atoms with Crippen LogP contribution in [0.5, 0.6) is 5.75 Å². The van der Waals surface area contributed by atoms with Gasteiger partial charge in [-0.2, -0.15) is 0 Å². The molecule has 1 saturated heterocycles. The molecule has 7 nitrogen and oxygen atoms in total. The Morgan fingerprint density at radius 1 is 1.24 bits per heavy atom. The smallest absolute Gasteiger partial charge is 0.274 e. The van der Waals surface area contributed by atoms with Crippen molar-refractivity contribution in [3.8, 4) is 5.75 Å². The van der Waals surface area contributed by atoms with Gasteiger partial charge in [0.25, 0.3) is 5.91 Å². The summed E-state index contributed by atoms with van der Waals surface area (Å²) < 4.78 is 19.4. The van der Waals surface area contributed by atoms with Crippen LogP contribution in [0.4, 0.5) is 4.39 Å². The Balaban J connectivity index is 1.39. The number of aliphatic hydroxyl groups is 1. The van der Waals surface area contributed by atoms with E-state index in [4.69, 9.17) is 21.2 Å². The van der Waals surface area contributed by atoms with E-state index in [-0.39, 0.29) is 18.1 Å². The molecule has 37 heavy (non-hydrogen) atoms. The number of aliphatic hydroxyl groups excluding tert-OH is 1. The van der Waals surface area contributed by atoms with Gasteiger partial charge in [0.2, 0.25) is 0 Å². The zero-order valence-corrected chi connectivity index (χ0v) is 21.3. The molecule has 2 heterocycles. The highest BCUT2D eigenvalue weighted by Gasteiger charge is 2.31. The van der Waals surface area contributed by atoms with Crippen LogP contribution in [0.1, 0.15) is 42.6 Å². The highest BCUT2D eigenvalue weighted by atomic mass is 35.5. The lowest BCUT2D eigenvalue weighted by Gasteiger charge is -2.36. The predicted octanol–water partition coefficient (Wildman–Crippen LogP) is 4.58. The van der Waals surface area contributed by atoms with Crippen LogP contribution in [0.2, 0.25) is 5.02 Å². The molecule has 2 aliphatic heterocycles. The number of amides is 1. The summed E-state index contributed by atoms with van der Waals surface area (Å²) in [5.74, 6) is -0.232. The fourth-order valence-corrected chi connectivity index (χ4v) is 4.93. The first kappa shape index (κ1) is 25.4. The second-order valence-electron chi connectivity index (χ2n) is 9.39. The highest BCUT2D eigenvalue weighted by molar-refractivity contribution is 6.46. The van der Waals surface area contributed by atoms with Gasteiger partial charge in [-0.3, -0.25) is 4.79 Å². The number of nitrogens with one attached hydrogen (secondary N) is 1. The molecule has 1 fully saturated rings. The molecule has 194 valence electrons. The molecule has 0 aromatic heterocycles. The normalized spacial score (nSPS) is 16.7. The first-order valence-corrected chi connectivity index (χ1v) is 12.9. The summed E-state index contributed by atoms with van der Waals surface area (Å²) in [4.78, 5) is 21.0. The Morgan fingerprint density at radius 3 is 2.81 bits per heavy atom. The molecule has 2 N–H and O–H groups in total. The molecular formula is C28H29ClFN3O4. The number of carbonyl (C=O) groups excluding carboxylic acids is 1. The second-order valence-corrected chi connectivity index (χ2v) is 9.79. The number of likely N-dealkylation sites (tertiary alicyclic amines) is 1. The number of ether oxygens (including phenoxy) is 1. The van der Waals surface area contributed by atoms with E-state index in [1.54, 1.807) is 36.4 Å². The number of benzene rings is 3. The lowest BCUT2D eigenvalue weighted by Crippen LogP contribution is -2.52. The Hall–Kier alpha value is -3.20. The maximum absolute atomic E-state index is 13.7. The first-order valence-electron chi connectivity index (χ1n) is 12.5. The molecule has 3 aromatic rings. The van der Waals surface area contributed by atoms with Crippen molar-refractivity contribution in [2.75, 3.05) is 26.2 Å². The molecule has 0 unspecified atom stereocenters. The Morgan fingerprint density at radius 2 is 2.08 bits per heavy atom. The Kier molecular flexibility index (Phi) is 7.60. The van der Waals surface area contributed by atoms with E-state index in [0.29, 0.717) is 35.1 Å². The van der Waals surface area contributed by atoms with Gasteiger partial charge in [-0.15, -0.1) is 0 Å². The number of oxime groups is 1. The van der Waals surface area contributed by atoms with Gasteiger partial charge in [-0.05, 0) is 66.5 Å². The number of nitrogens with zero attached hydrogens (tertiary/aromatic N) is 2. The molecular weight excluding hydrogens is 497 g/mol. The monoisotopic (exact) mass is 525 g/mol. The summed E-state index contributed by atoms with van der Waals surface area (Å²) in [6.45, 7) is 5.01. The number of rotatable bonds is 9. The van der Waals surface area contributed by atoms with Crippen LogP contribution >= 0.6 is 11.6 Å². The SMILES string of the molecule is CCCOc1ccc([C@@H](O)[C@@H](CN2CCC2)NC(=O)C2=NOCc3c2ccc2cc(F)ccc32)cc1Cl. The minimum Gasteiger partial charge on any atom is -0.492 e. The molecule has 3 aromatic carbocycles. The minimum absolute atomic E-state index is 0.120. The van der Waals surface area contributed by atoms with Gasteiger partial charge in [0, 0.05) is 17.7 Å². The summed E-state index contributed by atoms with van der Waals surface area (Å²) in [7, 11) is 0. The summed E-state index contributed by atoms with van der Waals surface area (Å²) in [6.07, 6.45) is 0.924. The molecule has 0 saturated carbocycles. The van der Waals surface area contributed by atoms with Crippen LogP contribution in [-0.2, 0) is 16.2 Å². The van der Waals surface area contributed by atoms with E-state index in [9.17, 15) is 14.3 Å². The van der Waals surface area contributed by atoms with E-state index in [0.717, 1.165) is 42.3 Å². The van der Waals surface area contributed by atoms with Gasteiger partial charge in [-0.1, -0.05) is 47.9 Å². The molecule has 2 atom stereocenters. The molecule has 5 rings (SSSR count). The summed E-state index contributed by atoms with van der Waals surface area (Å²) in [5, 5.41) is 20.2. The number of halogens is 2. The summed E-state index contributed by atoms with van der Waals surface area (Å²) in [5.41, 5.74) is 2.09. The molecule has 0 radical (unpaired) electrons. The van der Waals surface area contributed by atoms with Gasteiger partial charge >= 0.3 is 0 Å². The van der Waals surface area contributed by atoms with Crippen molar-refractivity contribution >= 4 is 34.0 Å². The lowest BCUT2D eigenvalue weighted by atomic mass is 9.95. The molecule has 0 bridgehead atoms. The van der Waals surface area contributed by atoms with E-state index in [1.165, 1.54) is 12.1 Å². The van der Waals surface area contributed by atoms with Crippen molar-refractivity contribution in [1.82, 2.24) is 10.2 Å². The number of carbonyl (C=O) groups is 1. The van der Waals surface area contributed by atoms with E-state index in [2.05, 4.69) is 15.4 Å². The van der Waals surface area contributed by atoms with Gasteiger partial charge < -0.3 is 24.9 Å². The van der Waals surface area contributed by atoms with Crippen molar-refractivity contribution in [3.05, 3.63) is 76.1 Å². The Bertz CT molecular complexity index is 1340. The van der Waals surface area contributed by atoms with Crippen LogP contribution in [-0.4, -0.2) is 53.9 Å². The standard InChI is InChI=1S/C28H29ClFN3O4/c1-2-12-36-25-9-5-18(14-23(25)29)27(34)24(15-33-10-3-11-33)31-28(35)26-21-7-4-17-13-19(30)6-8-20(17)22(21)16-37-32-26/h4-9,13-14,24,27,34H,2-3,10-12,15-16H2,1H3,(H,31,35)/t24-,27-/m1/s1. The largest absolute Gasteiger partial charge is 0.492 e. The van der Waals surface area contributed by atoms with Gasteiger partial charge in [0.15, 0.2) is 5.71 Å². The molecule has 9 heteroatoms. The van der Waals surface area contributed by atoms with Crippen molar-refractivity contribution in [2.45, 2.75) is 38.5 Å². The highest BCUT2D eigenvalue weighted by Crippen LogP contribution is 2.31. The maximum atomic E-state index is 13.7. The summed E-state index contributed by atoms with van der Waals surface area (Å²) >= 11 is 6.41. The fraction of sp³-hybridized carbons (Fsp3) is 0.357. The first-order chi connectivity index (χ1) is 17.9. The van der Waals surface area contributed by atoms with E-state index < -0.39 is 18.1 Å². The third kappa shape index (κ3) is 5.42. The summed E-state index contributed by atoms with van der Waals surface area (Å²) in [6, 6.07) is 12.6. The molecule has 0 aliphatic carbocycles.